The molecule has 1 N–H and O–H groups in total. The van der Waals surface area contributed by atoms with Gasteiger partial charge >= 0.3 is 5.97 Å². The molecule has 0 aliphatic heterocycles. The van der Waals surface area contributed by atoms with E-state index in [0.717, 1.165) is 27.8 Å². The van der Waals surface area contributed by atoms with Crippen LogP contribution in [-0.2, 0) is 11.2 Å². The third-order valence-corrected chi connectivity index (χ3v) is 3.37. The average molecular weight is 291 g/mol. The number of aromatic nitrogens is 3. The zero-order chi connectivity index (χ0) is 15.4. The number of carbonyl (C=O) groups is 1. The topological polar surface area (TPSA) is 76.0 Å². The van der Waals surface area contributed by atoms with Crippen molar-refractivity contribution in [2.24, 2.45) is 0 Å². The maximum atomic E-state index is 11.3. The molecule has 5 nitrogen and oxygen atoms in total. The minimum atomic E-state index is -0.878. The molecule has 3 rings (SSSR count). The van der Waals surface area contributed by atoms with E-state index in [0.29, 0.717) is 0 Å². The van der Waals surface area contributed by atoms with Gasteiger partial charge in [0.05, 0.1) is 6.42 Å². The number of carboxylic acid groups (broad SMARTS) is 1. The fraction of sp³-hybridized carbons (Fsp3) is 0.0588. The van der Waals surface area contributed by atoms with Crippen molar-refractivity contribution in [3.63, 3.8) is 0 Å². The summed E-state index contributed by atoms with van der Waals surface area (Å²) in [5.74, 6) is -0.878. The third kappa shape index (κ3) is 2.83. The molecular formula is C17H13N3O2. The number of hydrogen-bond acceptors (Lipinski definition) is 4. The molecule has 5 heteroatoms. The molecule has 0 aromatic carbocycles. The van der Waals surface area contributed by atoms with Gasteiger partial charge in [-0.2, -0.15) is 0 Å². The van der Waals surface area contributed by atoms with Crippen LogP contribution in [0.3, 0.4) is 0 Å². The van der Waals surface area contributed by atoms with Crippen molar-refractivity contribution < 1.29 is 9.90 Å². The van der Waals surface area contributed by atoms with Crippen molar-refractivity contribution >= 4 is 5.97 Å². The second-order valence-corrected chi connectivity index (χ2v) is 4.76. The van der Waals surface area contributed by atoms with Crippen LogP contribution in [-0.4, -0.2) is 26.0 Å². The quantitative estimate of drug-likeness (QED) is 0.800. The minimum Gasteiger partial charge on any atom is -0.481 e. The van der Waals surface area contributed by atoms with Crippen LogP contribution in [0, 0.1) is 0 Å². The first-order valence-electron chi connectivity index (χ1n) is 6.75. The van der Waals surface area contributed by atoms with Gasteiger partial charge in [0.2, 0.25) is 0 Å². The van der Waals surface area contributed by atoms with Crippen LogP contribution in [0.2, 0.25) is 0 Å². The Kier molecular flexibility index (Phi) is 3.87. The van der Waals surface area contributed by atoms with Crippen molar-refractivity contribution in [2.45, 2.75) is 6.42 Å². The molecule has 0 saturated carbocycles. The number of hydrogen-bond donors (Lipinski definition) is 1. The van der Waals surface area contributed by atoms with Crippen molar-refractivity contribution in [3.8, 4) is 22.3 Å². The molecule has 3 aromatic rings. The monoisotopic (exact) mass is 291 g/mol. The Morgan fingerprint density at radius 2 is 1.27 bits per heavy atom. The lowest BCUT2D eigenvalue weighted by Gasteiger charge is -2.13. The van der Waals surface area contributed by atoms with E-state index in [-0.39, 0.29) is 6.42 Å². The molecule has 0 bridgehead atoms. The highest BCUT2D eigenvalue weighted by molar-refractivity contribution is 5.83. The van der Waals surface area contributed by atoms with Crippen LogP contribution in [0.15, 0.2) is 61.4 Å². The third-order valence-electron chi connectivity index (χ3n) is 3.37. The molecule has 0 saturated heterocycles. The summed E-state index contributed by atoms with van der Waals surface area (Å²) in [6.45, 7) is 0. The van der Waals surface area contributed by atoms with E-state index in [4.69, 9.17) is 0 Å². The summed E-state index contributed by atoms with van der Waals surface area (Å²) in [4.78, 5) is 23.6. The fourth-order valence-electron chi connectivity index (χ4n) is 2.39. The van der Waals surface area contributed by atoms with E-state index in [1.165, 1.54) is 0 Å². The summed E-state index contributed by atoms with van der Waals surface area (Å²) in [5.41, 5.74) is 4.14. The normalized spacial score (nSPS) is 10.4. The van der Waals surface area contributed by atoms with Crippen molar-refractivity contribution in [3.05, 3.63) is 67.0 Å². The first-order chi connectivity index (χ1) is 10.8. The maximum Gasteiger partial charge on any atom is 0.307 e. The predicted molar refractivity (Wildman–Crippen MR) is 82.0 cm³/mol. The second-order valence-electron chi connectivity index (χ2n) is 4.76. The Morgan fingerprint density at radius 1 is 0.818 bits per heavy atom. The highest BCUT2D eigenvalue weighted by Gasteiger charge is 2.15. The predicted octanol–water partition coefficient (Wildman–Crippen LogP) is 2.83. The van der Waals surface area contributed by atoms with Gasteiger partial charge in [-0.25, -0.2) is 0 Å². The van der Waals surface area contributed by atoms with Crippen molar-refractivity contribution in [2.75, 3.05) is 0 Å². The maximum absolute atomic E-state index is 11.3. The summed E-state index contributed by atoms with van der Waals surface area (Å²) in [6, 6.07) is 7.38. The molecular weight excluding hydrogens is 278 g/mol. The Hall–Kier alpha value is -3.08. The van der Waals surface area contributed by atoms with Crippen LogP contribution in [0.1, 0.15) is 5.56 Å². The SMILES string of the molecule is O=C(O)Cc1c(-c2ccncc2)cncc1-c1ccncc1. The van der Waals surface area contributed by atoms with Gasteiger partial charge in [0.1, 0.15) is 0 Å². The molecule has 108 valence electrons. The van der Waals surface area contributed by atoms with E-state index in [1.807, 2.05) is 24.3 Å². The zero-order valence-corrected chi connectivity index (χ0v) is 11.7. The van der Waals surface area contributed by atoms with Gasteiger partial charge in [-0.1, -0.05) is 0 Å². The largest absolute Gasteiger partial charge is 0.481 e. The first-order valence-corrected chi connectivity index (χ1v) is 6.75. The summed E-state index contributed by atoms with van der Waals surface area (Å²) in [6.07, 6.45) is 10.0. The Morgan fingerprint density at radius 3 is 1.68 bits per heavy atom. The molecule has 0 spiro atoms. The van der Waals surface area contributed by atoms with Crippen LogP contribution in [0.25, 0.3) is 22.3 Å². The smallest absolute Gasteiger partial charge is 0.307 e. The average Bonchev–Trinajstić information content (AvgIpc) is 2.56. The van der Waals surface area contributed by atoms with Crippen molar-refractivity contribution in [1.29, 1.82) is 0 Å². The molecule has 3 aromatic heterocycles. The highest BCUT2D eigenvalue weighted by atomic mass is 16.4. The Bertz CT molecular complexity index is 732. The van der Waals surface area contributed by atoms with Gasteiger partial charge in [0, 0.05) is 48.3 Å². The summed E-state index contributed by atoms with van der Waals surface area (Å²) in [7, 11) is 0. The van der Waals surface area contributed by atoms with E-state index < -0.39 is 5.97 Å². The van der Waals surface area contributed by atoms with Gasteiger partial charge in [0.25, 0.3) is 0 Å². The summed E-state index contributed by atoms with van der Waals surface area (Å²) in [5, 5.41) is 9.26. The minimum absolute atomic E-state index is 0.0716. The second kappa shape index (κ2) is 6.13. The summed E-state index contributed by atoms with van der Waals surface area (Å²) < 4.78 is 0. The van der Waals surface area contributed by atoms with Gasteiger partial charge in [-0.3, -0.25) is 19.7 Å². The van der Waals surface area contributed by atoms with E-state index in [1.54, 1.807) is 37.2 Å². The molecule has 0 amide bonds. The molecule has 0 unspecified atom stereocenters. The van der Waals surface area contributed by atoms with Gasteiger partial charge in [-0.15, -0.1) is 0 Å². The van der Waals surface area contributed by atoms with Gasteiger partial charge < -0.3 is 5.11 Å². The Labute approximate surface area is 127 Å². The molecule has 0 aliphatic carbocycles. The molecule has 0 radical (unpaired) electrons. The number of nitrogens with zero attached hydrogens (tertiary/aromatic N) is 3. The van der Waals surface area contributed by atoms with E-state index in [9.17, 15) is 9.90 Å². The van der Waals surface area contributed by atoms with Crippen LogP contribution >= 0.6 is 0 Å². The van der Waals surface area contributed by atoms with Crippen LogP contribution in [0.4, 0.5) is 0 Å². The molecule has 0 atom stereocenters. The first kappa shape index (κ1) is 13.9. The number of pyridine rings is 3. The van der Waals surface area contributed by atoms with E-state index in [2.05, 4.69) is 15.0 Å². The van der Waals surface area contributed by atoms with Crippen molar-refractivity contribution in [1.82, 2.24) is 15.0 Å². The molecule has 0 aliphatic rings. The molecule has 3 heterocycles. The summed E-state index contributed by atoms with van der Waals surface area (Å²) >= 11 is 0. The lowest BCUT2D eigenvalue weighted by molar-refractivity contribution is -0.136. The van der Waals surface area contributed by atoms with Gasteiger partial charge in [-0.05, 0) is 41.0 Å². The lowest BCUT2D eigenvalue weighted by Crippen LogP contribution is -2.05. The molecule has 0 fully saturated rings. The molecule has 22 heavy (non-hydrogen) atoms. The number of aliphatic carboxylic acids is 1. The van der Waals surface area contributed by atoms with E-state index >= 15 is 0 Å². The zero-order valence-electron chi connectivity index (χ0n) is 11.7. The highest BCUT2D eigenvalue weighted by Crippen LogP contribution is 2.31. The lowest BCUT2D eigenvalue weighted by atomic mass is 9.93. The Balaban J connectivity index is 2.21. The van der Waals surface area contributed by atoms with Crippen LogP contribution in [0.5, 0.6) is 0 Å². The fourth-order valence-corrected chi connectivity index (χ4v) is 2.39. The number of carboxylic acids is 1. The van der Waals surface area contributed by atoms with Gasteiger partial charge in [0.15, 0.2) is 0 Å². The van der Waals surface area contributed by atoms with Crippen LogP contribution < -0.4 is 0 Å². The standard InChI is InChI=1S/C17H13N3O2/c21-17(22)9-14-15(12-1-5-18-6-2-12)10-20-11-16(14)13-3-7-19-8-4-13/h1-8,10-11H,9H2,(H,21,22). The number of rotatable bonds is 4.